The van der Waals surface area contributed by atoms with Crippen LogP contribution >= 0.6 is 0 Å². The normalized spacial score (nSPS) is 15.9. The van der Waals surface area contributed by atoms with E-state index in [1.54, 1.807) is 18.2 Å². The molecule has 0 atom stereocenters. The average molecular weight is 446 g/mol. The Morgan fingerprint density at radius 2 is 1.97 bits per heavy atom. The van der Waals surface area contributed by atoms with E-state index in [0.29, 0.717) is 23.7 Å². The molecular weight excluding hydrogens is 424 g/mol. The molecule has 4 rings (SSSR count). The predicted octanol–water partition coefficient (Wildman–Crippen LogP) is 0.264. The molecule has 164 valence electrons. The van der Waals surface area contributed by atoms with Gasteiger partial charge in [0, 0.05) is 25.3 Å². The van der Waals surface area contributed by atoms with Gasteiger partial charge in [0.05, 0.1) is 18.0 Å². The summed E-state index contributed by atoms with van der Waals surface area (Å²) in [6.07, 6.45) is 0. The lowest BCUT2D eigenvalue weighted by atomic mass is 10.2. The summed E-state index contributed by atoms with van der Waals surface area (Å²) >= 11 is 0. The van der Waals surface area contributed by atoms with Crippen LogP contribution in [0.4, 0.5) is 5.69 Å². The van der Waals surface area contributed by atoms with Crippen LogP contribution < -0.4 is 25.4 Å². The number of sulfonamides is 1. The Labute approximate surface area is 179 Å². The second-order valence-electron chi connectivity index (χ2n) is 7.03. The minimum absolute atomic E-state index is 0.0276. The van der Waals surface area contributed by atoms with Crippen molar-refractivity contribution in [3.63, 3.8) is 0 Å². The summed E-state index contributed by atoms with van der Waals surface area (Å²) in [5.41, 5.74) is 1.36. The lowest BCUT2D eigenvalue weighted by Crippen LogP contribution is -2.49. The second kappa shape index (κ2) is 8.82. The summed E-state index contributed by atoms with van der Waals surface area (Å²) in [6.45, 7) is 0.771. The van der Waals surface area contributed by atoms with E-state index in [2.05, 4.69) is 16.0 Å². The zero-order valence-electron chi connectivity index (χ0n) is 16.6. The number of anilines is 1. The van der Waals surface area contributed by atoms with E-state index in [4.69, 9.17) is 9.47 Å². The van der Waals surface area contributed by atoms with Crippen molar-refractivity contribution < 1.29 is 27.5 Å². The third kappa shape index (κ3) is 4.89. The van der Waals surface area contributed by atoms with E-state index < -0.39 is 10.0 Å². The number of carbonyl (C=O) groups excluding carboxylic acids is 2. The molecule has 2 aliphatic heterocycles. The van der Waals surface area contributed by atoms with Crippen molar-refractivity contribution in [2.75, 3.05) is 38.3 Å². The minimum Gasteiger partial charge on any atom is -0.454 e. The predicted molar refractivity (Wildman–Crippen MR) is 111 cm³/mol. The van der Waals surface area contributed by atoms with Crippen LogP contribution in [-0.2, 0) is 26.2 Å². The van der Waals surface area contributed by atoms with Gasteiger partial charge in [-0.25, -0.2) is 8.42 Å². The molecule has 31 heavy (non-hydrogen) atoms. The van der Waals surface area contributed by atoms with Crippen molar-refractivity contribution in [2.24, 2.45) is 0 Å². The largest absolute Gasteiger partial charge is 0.454 e. The monoisotopic (exact) mass is 446 g/mol. The fraction of sp³-hybridized carbons (Fsp3) is 0.300. The molecule has 0 aliphatic carbocycles. The van der Waals surface area contributed by atoms with Crippen molar-refractivity contribution in [3.8, 4) is 11.5 Å². The van der Waals surface area contributed by atoms with E-state index >= 15 is 0 Å². The van der Waals surface area contributed by atoms with Gasteiger partial charge >= 0.3 is 0 Å². The molecule has 0 bridgehead atoms. The van der Waals surface area contributed by atoms with Crippen LogP contribution in [0, 0.1) is 0 Å². The zero-order chi connectivity index (χ0) is 21.8. The molecule has 1 fully saturated rings. The molecule has 2 heterocycles. The Morgan fingerprint density at radius 1 is 1.13 bits per heavy atom. The van der Waals surface area contributed by atoms with Crippen LogP contribution in [-0.4, -0.2) is 57.5 Å². The first-order chi connectivity index (χ1) is 14.9. The highest BCUT2D eigenvalue weighted by atomic mass is 32.2. The van der Waals surface area contributed by atoms with E-state index in [9.17, 15) is 18.0 Å². The number of rotatable bonds is 7. The Kier molecular flexibility index (Phi) is 5.96. The number of fused-ring (bicyclic) bond motifs is 1. The van der Waals surface area contributed by atoms with Crippen molar-refractivity contribution in [1.29, 1.82) is 0 Å². The molecule has 2 aliphatic rings. The van der Waals surface area contributed by atoms with Gasteiger partial charge in [0.25, 0.3) is 0 Å². The molecule has 0 unspecified atom stereocenters. The minimum atomic E-state index is -3.80. The highest BCUT2D eigenvalue weighted by molar-refractivity contribution is 7.89. The molecule has 0 aromatic heterocycles. The van der Waals surface area contributed by atoms with Crippen LogP contribution in [0.5, 0.6) is 11.5 Å². The number of ether oxygens (including phenoxy) is 2. The first-order valence-electron chi connectivity index (χ1n) is 9.68. The summed E-state index contributed by atoms with van der Waals surface area (Å²) < 4.78 is 37.3. The average Bonchev–Trinajstić information content (AvgIpc) is 3.24. The maximum atomic E-state index is 12.8. The third-order valence-corrected chi connectivity index (χ3v) is 6.70. The Balaban J connectivity index is 1.32. The zero-order valence-corrected chi connectivity index (χ0v) is 17.4. The molecule has 1 saturated heterocycles. The number of nitrogens with one attached hydrogen (secondary N) is 3. The van der Waals surface area contributed by atoms with Gasteiger partial charge in [-0.1, -0.05) is 12.1 Å². The Bertz CT molecular complexity index is 1100. The molecule has 3 N–H and O–H groups in total. The third-order valence-electron chi connectivity index (χ3n) is 4.85. The summed E-state index contributed by atoms with van der Waals surface area (Å²) in [7, 11) is -3.80. The number of amides is 2. The van der Waals surface area contributed by atoms with Gasteiger partial charge < -0.3 is 25.4 Å². The van der Waals surface area contributed by atoms with Crippen molar-refractivity contribution >= 4 is 27.5 Å². The quantitative estimate of drug-likeness (QED) is 0.557. The van der Waals surface area contributed by atoms with Crippen molar-refractivity contribution in [2.45, 2.75) is 11.4 Å². The summed E-state index contributed by atoms with van der Waals surface area (Å²) in [4.78, 5) is 23.8. The van der Waals surface area contributed by atoms with Crippen LogP contribution in [0.2, 0.25) is 0 Å². The fourth-order valence-electron chi connectivity index (χ4n) is 3.23. The van der Waals surface area contributed by atoms with Crippen molar-refractivity contribution in [1.82, 2.24) is 14.9 Å². The summed E-state index contributed by atoms with van der Waals surface area (Å²) in [5.74, 6) is 0.743. The van der Waals surface area contributed by atoms with Gasteiger partial charge in [-0.15, -0.1) is 0 Å². The molecular formula is C20H22N4O6S. The summed E-state index contributed by atoms with van der Waals surface area (Å²) in [5, 5.41) is 8.32. The molecule has 0 saturated carbocycles. The Hall–Kier alpha value is -3.31. The van der Waals surface area contributed by atoms with Gasteiger partial charge in [0.15, 0.2) is 11.5 Å². The maximum absolute atomic E-state index is 12.8. The number of piperazine rings is 1. The van der Waals surface area contributed by atoms with E-state index in [0.717, 1.165) is 9.87 Å². The lowest BCUT2D eigenvalue weighted by Gasteiger charge is -2.26. The van der Waals surface area contributed by atoms with Crippen LogP contribution in [0.15, 0.2) is 47.4 Å². The molecule has 11 heteroatoms. The highest BCUT2D eigenvalue weighted by Crippen LogP contribution is 2.32. The first kappa shape index (κ1) is 20.9. The van der Waals surface area contributed by atoms with E-state index in [1.165, 1.54) is 12.1 Å². The molecule has 10 nitrogen and oxygen atoms in total. The smallest absolute Gasteiger partial charge is 0.243 e. The van der Waals surface area contributed by atoms with Gasteiger partial charge in [-0.05, 0) is 35.9 Å². The fourth-order valence-corrected chi connectivity index (χ4v) is 4.68. The lowest BCUT2D eigenvalue weighted by molar-refractivity contribution is -0.122. The van der Waals surface area contributed by atoms with Gasteiger partial charge in [0.1, 0.15) is 0 Å². The molecule has 0 radical (unpaired) electrons. The second-order valence-corrected chi connectivity index (χ2v) is 8.97. The van der Waals surface area contributed by atoms with Crippen LogP contribution in [0.1, 0.15) is 5.56 Å². The SMILES string of the molecule is O=C(CNc1cccc(S(=O)(=O)N2CCNC(=O)C2)c1)NCc1ccc2c(c1)OCO2. The van der Waals surface area contributed by atoms with Gasteiger partial charge in [-0.2, -0.15) is 4.31 Å². The van der Waals surface area contributed by atoms with Crippen LogP contribution in [0.3, 0.4) is 0 Å². The number of benzene rings is 2. The Morgan fingerprint density at radius 3 is 2.81 bits per heavy atom. The highest BCUT2D eigenvalue weighted by Gasteiger charge is 2.29. The molecule has 2 aromatic rings. The van der Waals surface area contributed by atoms with Gasteiger partial charge in [0.2, 0.25) is 28.6 Å². The number of nitrogens with zero attached hydrogens (tertiary/aromatic N) is 1. The molecule has 0 spiro atoms. The molecule has 2 aromatic carbocycles. The van der Waals surface area contributed by atoms with Crippen molar-refractivity contribution in [3.05, 3.63) is 48.0 Å². The maximum Gasteiger partial charge on any atom is 0.243 e. The van der Waals surface area contributed by atoms with Gasteiger partial charge in [-0.3, -0.25) is 9.59 Å². The topological polar surface area (TPSA) is 126 Å². The number of hydrogen-bond donors (Lipinski definition) is 3. The van der Waals surface area contributed by atoms with E-state index in [-0.39, 0.29) is 49.7 Å². The van der Waals surface area contributed by atoms with Crippen LogP contribution in [0.25, 0.3) is 0 Å². The molecule has 2 amide bonds. The number of carbonyl (C=O) groups is 2. The summed E-state index contributed by atoms with van der Waals surface area (Å²) in [6, 6.07) is 11.6. The first-order valence-corrected chi connectivity index (χ1v) is 11.1. The van der Waals surface area contributed by atoms with E-state index in [1.807, 2.05) is 12.1 Å². The number of hydrogen-bond acceptors (Lipinski definition) is 7. The standard InChI is InChI=1S/C20H22N4O6S/c25-19(23-10-14-4-5-17-18(8-14)30-13-29-17)11-22-15-2-1-3-16(9-15)31(27,28)24-7-6-21-20(26)12-24/h1-5,8-9,22H,6-7,10-13H2,(H,21,26)(H,23,25).